The quantitative estimate of drug-likeness (QED) is 0.652. The van der Waals surface area contributed by atoms with Gasteiger partial charge in [-0.05, 0) is 18.3 Å². The number of nitrogens with two attached hydrogens (primary N) is 1. The molecule has 1 unspecified atom stereocenters. The van der Waals surface area contributed by atoms with Crippen LogP contribution in [0.15, 0.2) is 29.2 Å². The van der Waals surface area contributed by atoms with Gasteiger partial charge in [-0.15, -0.1) is 12.6 Å². The molecule has 0 saturated carbocycles. The molecule has 1 atom stereocenters. The average molecular weight is 308 g/mol. The molecule has 0 aliphatic rings. The van der Waals surface area contributed by atoms with Gasteiger partial charge in [0.15, 0.2) is 0 Å². The Hall–Kier alpha value is -0.0500. The van der Waals surface area contributed by atoms with E-state index in [2.05, 4.69) is 35.0 Å². The largest absolute Gasteiger partial charge is 0.366 e. The highest BCUT2D eigenvalue weighted by Crippen LogP contribution is 2.19. The Labute approximate surface area is 106 Å². The second-order valence-corrected chi connectivity index (χ2v) is 5.70. The summed E-state index contributed by atoms with van der Waals surface area (Å²) in [6.07, 6.45) is 2.64. The van der Waals surface area contributed by atoms with Gasteiger partial charge in [-0.25, -0.2) is 0 Å². The fourth-order valence-electron chi connectivity index (χ4n) is 0.776. The molecule has 0 aliphatic carbocycles. The third-order valence-corrected chi connectivity index (χ3v) is 3.78. The van der Waals surface area contributed by atoms with Crippen molar-refractivity contribution in [1.29, 1.82) is 0 Å². The summed E-state index contributed by atoms with van der Waals surface area (Å²) in [5.74, 6) is -0.439. The van der Waals surface area contributed by atoms with Crippen LogP contribution < -0.4 is 5.73 Å². The lowest BCUT2D eigenvalue weighted by Gasteiger charge is -1.96. The molecule has 1 aromatic carbocycles. The molecule has 0 saturated heterocycles. The van der Waals surface area contributed by atoms with Crippen LogP contribution in [-0.2, 0) is 0 Å². The van der Waals surface area contributed by atoms with Crippen molar-refractivity contribution < 1.29 is 4.79 Å². The predicted molar refractivity (Wildman–Crippen MR) is 74.6 cm³/mol. The average Bonchev–Trinajstić information content (AvgIpc) is 2.20. The molecular formula is C10H15BrNOPS. The molecule has 2 nitrogen and oxygen atoms in total. The van der Waals surface area contributed by atoms with Crippen molar-refractivity contribution in [1.82, 2.24) is 0 Å². The van der Waals surface area contributed by atoms with E-state index in [-0.39, 0.29) is 0 Å². The Morgan fingerprint density at radius 2 is 2.13 bits per heavy atom. The zero-order valence-electron chi connectivity index (χ0n) is 8.53. The number of halogens is 1. The number of carbonyl (C=O) groups excluding carboxylic acids is 1. The first-order chi connectivity index (χ1) is 7.13. The van der Waals surface area contributed by atoms with Crippen molar-refractivity contribution in [3.05, 3.63) is 29.8 Å². The first-order valence-corrected chi connectivity index (χ1v) is 8.45. The van der Waals surface area contributed by atoms with Crippen LogP contribution >= 0.6 is 35.4 Å². The van der Waals surface area contributed by atoms with Gasteiger partial charge in [-0.1, -0.05) is 48.2 Å². The van der Waals surface area contributed by atoms with Crippen LogP contribution in [0.25, 0.3) is 0 Å². The van der Waals surface area contributed by atoms with Gasteiger partial charge in [0.05, 0.1) is 5.56 Å². The minimum absolute atomic E-state index is 0.439. The van der Waals surface area contributed by atoms with E-state index in [1.807, 2.05) is 0 Å². The van der Waals surface area contributed by atoms with E-state index in [0.717, 1.165) is 7.28 Å². The molecule has 0 radical (unpaired) electrons. The summed E-state index contributed by atoms with van der Waals surface area (Å²) in [5, 5.41) is 0. The van der Waals surface area contributed by atoms with Crippen LogP contribution in [0, 0.1) is 0 Å². The smallest absolute Gasteiger partial charge is 0.249 e. The highest BCUT2D eigenvalue weighted by atomic mass is 79.9. The summed E-state index contributed by atoms with van der Waals surface area (Å²) >= 11 is 7.37. The highest BCUT2D eigenvalue weighted by Gasteiger charge is 2.01. The standard InChI is InChI=1S/C7H7NOS.C3H8BrP/c8-7(9)5-3-1-2-4-6(5)10;1-2-3-5-4/h1-4,10H,(H2,8,9);5H,2-3H2,1H3. The van der Waals surface area contributed by atoms with E-state index in [1.54, 1.807) is 24.3 Å². The molecule has 1 aromatic rings. The lowest BCUT2D eigenvalue weighted by atomic mass is 10.2. The second kappa shape index (κ2) is 9.20. The molecule has 2 N–H and O–H groups in total. The molecule has 0 aliphatic heterocycles. The van der Waals surface area contributed by atoms with Gasteiger partial charge in [0.1, 0.15) is 0 Å². The van der Waals surface area contributed by atoms with Gasteiger partial charge in [0.2, 0.25) is 5.91 Å². The van der Waals surface area contributed by atoms with Gasteiger partial charge >= 0.3 is 0 Å². The number of thiol groups is 1. The van der Waals surface area contributed by atoms with Gasteiger partial charge in [-0.2, -0.15) is 0 Å². The normalized spacial score (nSPS) is 9.80. The molecule has 0 spiro atoms. The number of hydrogen-bond acceptors (Lipinski definition) is 2. The van der Waals surface area contributed by atoms with E-state index in [9.17, 15) is 4.79 Å². The van der Waals surface area contributed by atoms with E-state index in [1.165, 1.54) is 12.6 Å². The van der Waals surface area contributed by atoms with Gasteiger partial charge in [0, 0.05) is 4.90 Å². The second-order valence-electron chi connectivity index (χ2n) is 2.77. The van der Waals surface area contributed by atoms with Crippen molar-refractivity contribution in [2.45, 2.75) is 18.2 Å². The maximum Gasteiger partial charge on any atom is 0.249 e. The molecule has 1 rings (SSSR count). The van der Waals surface area contributed by atoms with E-state index >= 15 is 0 Å². The molecular weight excluding hydrogens is 293 g/mol. The topological polar surface area (TPSA) is 43.1 Å². The minimum Gasteiger partial charge on any atom is -0.366 e. The molecule has 15 heavy (non-hydrogen) atoms. The number of primary amides is 1. The van der Waals surface area contributed by atoms with Crippen LogP contribution in [-0.4, -0.2) is 12.1 Å². The Balaban J connectivity index is 0.000000336. The summed E-state index contributed by atoms with van der Waals surface area (Å²) in [7, 11) is 0.970. The molecule has 0 aromatic heterocycles. The number of amides is 1. The molecule has 0 heterocycles. The summed E-state index contributed by atoms with van der Waals surface area (Å²) < 4.78 is 0. The highest BCUT2D eigenvalue weighted by molar-refractivity contribution is 9.36. The fraction of sp³-hybridized carbons (Fsp3) is 0.300. The Bertz CT molecular complexity index is 307. The van der Waals surface area contributed by atoms with Crippen molar-refractivity contribution in [2.24, 2.45) is 5.73 Å². The fourth-order valence-corrected chi connectivity index (χ4v) is 2.43. The first-order valence-electron chi connectivity index (χ1n) is 4.54. The molecule has 5 heteroatoms. The zero-order valence-corrected chi connectivity index (χ0v) is 12.0. The van der Waals surface area contributed by atoms with Crippen molar-refractivity contribution in [3.63, 3.8) is 0 Å². The Kier molecular flexibility index (Phi) is 9.17. The predicted octanol–water partition coefficient (Wildman–Crippen LogP) is 3.46. The molecule has 0 bridgehead atoms. The number of rotatable bonds is 3. The zero-order chi connectivity index (χ0) is 11.7. The third kappa shape index (κ3) is 6.93. The van der Waals surface area contributed by atoms with Crippen LogP contribution in [0.3, 0.4) is 0 Å². The number of hydrogen-bond donors (Lipinski definition) is 2. The molecule has 1 amide bonds. The van der Waals surface area contributed by atoms with Gasteiger partial charge < -0.3 is 5.73 Å². The third-order valence-electron chi connectivity index (χ3n) is 1.51. The van der Waals surface area contributed by atoms with E-state index < -0.39 is 5.91 Å². The van der Waals surface area contributed by atoms with Crippen LogP contribution in [0.1, 0.15) is 23.7 Å². The summed E-state index contributed by atoms with van der Waals surface area (Å²) in [6.45, 7) is 2.19. The maximum absolute atomic E-state index is 10.6. The van der Waals surface area contributed by atoms with Crippen LogP contribution in [0.2, 0.25) is 0 Å². The van der Waals surface area contributed by atoms with Crippen LogP contribution in [0.4, 0.5) is 0 Å². The maximum atomic E-state index is 10.6. The van der Waals surface area contributed by atoms with Crippen molar-refractivity contribution >= 4 is 41.3 Å². The monoisotopic (exact) mass is 307 g/mol. The van der Waals surface area contributed by atoms with Crippen molar-refractivity contribution in [3.8, 4) is 0 Å². The first kappa shape index (κ1) is 14.9. The Morgan fingerprint density at radius 1 is 1.53 bits per heavy atom. The number of benzene rings is 1. The molecule has 0 fully saturated rings. The minimum atomic E-state index is -0.439. The summed E-state index contributed by atoms with van der Waals surface area (Å²) in [5.41, 5.74) is 5.49. The number of carbonyl (C=O) groups is 1. The molecule has 84 valence electrons. The Morgan fingerprint density at radius 3 is 2.40 bits per heavy atom. The van der Waals surface area contributed by atoms with E-state index in [0.29, 0.717) is 10.5 Å². The van der Waals surface area contributed by atoms with Gasteiger partial charge in [-0.3, -0.25) is 4.79 Å². The summed E-state index contributed by atoms with van der Waals surface area (Å²) in [4.78, 5) is 11.2. The lowest BCUT2D eigenvalue weighted by Crippen LogP contribution is -2.11. The van der Waals surface area contributed by atoms with Crippen LogP contribution in [0.5, 0.6) is 0 Å². The van der Waals surface area contributed by atoms with Gasteiger partial charge in [0.25, 0.3) is 0 Å². The van der Waals surface area contributed by atoms with E-state index in [4.69, 9.17) is 5.73 Å². The summed E-state index contributed by atoms with van der Waals surface area (Å²) in [6, 6.07) is 6.92. The lowest BCUT2D eigenvalue weighted by molar-refractivity contribution is 0.0997. The van der Waals surface area contributed by atoms with Crippen molar-refractivity contribution in [2.75, 3.05) is 6.16 Å². The SMILES string of the molecule is CCCPBr.NC(=O)c1ccccc1S.